The van der Waals surface area contributed by atoms with Gasteiger partial charge in [0, 0.05) is 11.4 Å². The van der Waals surface area contributed by atoms with Gasteiger partial charge in [-0.1, -0.05) is 12.8 Å². The van der Waals surface area contributed by atoms with E-state index in [1.807, 2.05) is 6.92 Å². The maximum atomic E-state index is 12.2. The van der Waals surface area contributed by atoms with Crippen molar-refractivity contribution in [3.8, 4) is 0 Å². The van der Waals surface area contributed by atoms with Gasteiger partial charge in [0.2, 0.25) is 0 Å². The van der Waals surface area contributed by atoms with Gasteiger partial charge in [-0.25, -0.2) is 0 Å². The minimum absolute atomic E-state index is 0.103. The average Bonchev–Trinajstić information content (AvgIpc) is 3.12. The molecule has 1 unspecified atom stereocenters. The van der Waals surface area contributed by atoms with Crippen molar-refractivity contribution in [1.29, 1.82) is 0 Å². The van der Waals surface area contributed by atoms with Crippen molar-refractivity contribution in [2.24, 2.45) is 5.92 Å². The number of nitrogens with two attached hydrogens (primary N) is 1. The van der Waals surface area contributed by atoms with Gasteiger partial charge in [-0.15, -0.1) is 16.4 Å². The lowest BCUT2D eigenvalue weighted by Gasteiger charge is -2.12. The van der Waals surface area contributed by atoms with Crippen LogP contribution in [0.2, 0.25) is 0 Å². The minimum Gasteiger partial charge on any atom is -0.397 e. The molecule has 100 valence electrons. The minimum atomic E-state index is -0.103. The number of aromatic nitrogens is 2. The van der Waals surface area contributed by atoms with Crippen molar-refractivity contribution < 1.29 is 4.79 Å². The molecule has 3 rings (SSSR count). The van der Waals surface area contributed by atoms with Crippen LogP contribution in [0.15, 0.2) is 12.3 Å². The Morgan fingerprint density at radius 1 is 1.63 bits per heavy atom. The lowest BCUT2D eigenvalue weighted by molar-refractivity contribution is 0.0942. The lowest BCUT2D eigenvalue weighted by atomic mass is 10.1. The molecular weight excluding hydrogens is 260 g/mol. The molecule has 6 heteroatoms. The van der Waals surface area contributed by atoms with Gasteiger partial charge in [-0.2, -0.15) is 5.10 Å². The first kappa shape index (κ1) is 12.3. The highest BCUT2D eigenvalue weighted by molar-refractivity contribution is 7.21. The van der Waals surface area contributed by atoms with Crippen LogP contribution in [0.1, 0.15) is 35.9 Å². The van der Waals surface area contributed by atoms with Crippen LogP contribution in [-0.2, 0) is 0 Å². The number of hydrogen-bond donors (Lipinski definition) is 2. The summed E-state index contributed by atoms with van der Waals surface area (Å²) < 4.78 is 0. The molecule has 19 heavy (non-hydrogen) atoms. The molecular formula is C13H16N4OS. The molecule has 1 saturated carbocycles. The topological polar surface area (TPSA) is 80.9 Å². The first-order valence-corrected chi connectivity index (χ1v) is 7.27. The highest BCUT2D eigenvalue weighted by Crippen LogP contribution is 2.34. The maximum absolute atomic E-state index is 12.2. The first-order valence-electron chi connectivity index (χ1n) is 6.45. The monoisotopic (exact) mass is 276 g/mol. The van der Waals surface area contributed by atoms with Gasteiger partial charge >= 0.3 is 0 Å². The van der Waals surface area contributed by atoms with Crippen molar-refractivity contribution in [3.05, 3.63) is 17.1 Å². The second-order valence-corrected chi connectivity index (χ2v) is 6.15. The standard InChI is InChI=1S/C13H16N4OS/c1-7(6-8-2-3-8)16-12(18)11-10(14)9-4-5-15-17-13(9)19-11/h4-5,7-8H,2-3,6,14H2,1H3,(H,16,18). The van der Waals surface area contributed by atoms with E-state index in [4.69, 9.17) is 5.73 Å². The third-order valence-corrected chi connectivity index (χ3v) is 4.49. The largest absolute Gasteiger partial charge is 0.397 e. The van der Waals surface area contributed by atoms with E-state index in [0.29, 0.717) is 15.4 Å². The number of nitrogens with zero attached hydrogens (tertiary/aromatic N) is 2. The van der Waals surface area contributed by atoms with E-state index in [9.17, 15) is 4.79 Å². The van der Waals surface area contributed by atoms with E-state index in [-0.39, 0.29) is 11.9 Å². The van der Waals surface area contributed by atoms with Crippen LogP contribution in [0.5, 0.6) is 0 Å². The van der Waals surface area contributed by atoms with Gasteiger partial charge in [-0.05, 0) is 25.3 Å². The molecule has 3 N–H and O–H groups in total. The van der Waals surface area contributed by atoms with Crippen LogP contribution in [-0.4, -0.2) is 22.1 Å². The van der Waals surface area contributed by atoms with Crippen molar-refractivity contribution in [1.82, 2.24) is 15.5 Å². The Morgan fingerprint density at radius 3 is 3.11 bits per heavy atom. The Bertz CT molecular complexity index is 620. The van der Waals surface area contributed by atoms with E-state index in [1.54, 1.807) is 12.3 Å². The number of hydrogen-bond acceptors (Lipinski definition) is 5. The number of carbonyl (C=O) groups excluding carboxylic acids is 1. The lowest BCUT2D eigenvalue weighted by Crippen LogP contribution is -2.32. The molecule has 1 atom stereocenters. The number of nitrogens with one attached hydrogen (secondary N) is 1. The van der Waals surface area contributed by atoms with Gasteiger partial charge in [0.1, 0.15) is 9.71 Å². The fourth-order valence-corrected chi connectivity index (χ4v) is 3.18. The van der Waals surface area contributed by atoms with Crippen LogP contribution >= 0.6 is 11.3 Å². The summed E-state index contributed by atoms with van der Waals surface area (Å²) in [5.41, 5.74) is 6.52. The summed E-state index contributed by atoms with van der Waals surface area (Å²) in [4.78, 5) is 13.5. The Morgan fingerprint density at radius 2 is 2.42 bits per heavy atom. The predicted molar refractivity (Wildman–Crippen MR) is 76.1 cm³/mol. The fraction of sp³-hybridized carbons (Fsp3) is 0.462. The third kappa shape index (κ3) is 2.53. The molecule has 0 aliphatic heterocycles. The van der Waals surface area contributed by atoms with E-state index < -0.39 is 0 Å². The highest BCUT2D eigenvalue weighted by Gasteiger charge is 2.25. The van der Waals surface area contributed by atoms with Crippen molar-refractivity contribution in [2.45, 2.75) is 32.2 Å². The number of amides is 1. The number of fused-ring (bicyclic) bond motifs is 1. The highest BCUT2D eigenvalue weighted by atomic mass is 32.1. The van der Waals surface area contributed by atoms with Gasteiger partial charge in [0.05, 0.1) is 11.9 Å². The molecule has 1 fully saturated rings. The molecule has 0 aromatic carbocycles. The Kier molecular flexibility index (Phi) is 3.10. The molecule has 0 bridgehead atoms. The number of anilines is 1. The van der Waals surface area contributed by atoms with Gasteiger partial charge in [0.15, 0.2) is 0 Å². The molecule has 0 radical (unpaired) electrons. The molecule has 5 nitrogen and oxygen atoms in total. The van der Waals surface area contributed by atoms with E-state index in [1.165, 1.54) is 24.2 Å². The van der Waals surface area contributed by atoms with Crippen LogP contribution in [0.4, 0.5) is 5.69 Å². The zero-order valence-corrected chi connectivity index (χ0v) is 11.5. The second-order valence-electron chi connectivity index (χ2n) is 5.15. The number of nitrogen functional groups attached to an aromatic ring is 1. The summed E-state index contributed by atoms with van der Waals surface area (Å²) in [5, 5.41) is 11.6. The average molecular weight is 276 g/mol. The predicted octanol–water partition coefficient (Wildman–Crippen LogP) is 2.19. The van der Waals surface area contributed by atoms with Crippen molar-refractivity contribution in [2.75, 3.05) is 5.73 Å². The molecule has 2 heterocycles. The molecule has 2 aromatic rings. The first-order chi connectivity index (χ1) is 9.15. The van der Waals surface area contributed by atoms with E-state index in [2.05, 4.69) is 15.5 Å². The van der Waals surface area contributed by atoms with Gasteiger partial charge in [0.25, 0.3) is 5.91 Å². The normalized spacial score (nSPS) is 16.5. The fourth-order valence-electron chi connectivity index (χ4n) is 2.24. The summed E-state index contributed by atoms with van der Waals surface area (Å²) in [6, 6.07) is 1.98. The van der Waals surface area contributed by atoms with Crippen molar-refractivity contribution >= 4 is 33.1 Å². The van der Waals surface area contributed by atoms with Crippen LogP contribution < -0.4 is 11.1 Å². The SMILES string of the molecule is CC(CC1CC1)NC(=O)c1sc2nnccc2c1N. The molecule has 1 aliphatic rings. The summed E-state index contributed by atoms with van der Waals surface area (Å²) in [6.45, 7) is 2.04. The molecule has 0 spiro atoms. The summed E-state index contributed by atoms with van der Waals surface area (Å²) in [5.74, 6) is 0.689. The Labute approximate surface area is 115 Å². The molecule has 2 aromatic heterocycles. The third-order valence-electron chi connectivity index (χ3n) is 3.39. The van der Waals surface area contributed by atoms with Crippen molar-refractivity contribution in [3.63, 3.8) is 0 Å². The van der Waals surface area contributed by atoms with Crippen LogP contribution in [0, 0.1) is 5.92 Å². The second kappa shape index (κ2) is 4.77. The van der Waals surface area contributed by atoms with Crippen LogP contribution in [0.3, 0.4) is 0 Å². The summed E-state index contributed by atoms with van der Waals surface area (Å²) in [6.07, 6.45) is 5.22. The molecule has 1 aliphatic carbocycles. The van der Waals surface area contributed by atoms with E-state index in [0.717, 1.165) is 17.7 Å². The zero-order valence-electron chi connectivity index (χ0n) is 10.7. The smallest absolute Gasteiger partial charge is 0.263 e. The van der Waals surface area contributed by atoms with Crippen LogP contribution in [0.25, 0.3) is 10.2 Å². The Hall–Kier alpha value is -1.69. The summed E-state index contributed by atoms with van der Waals surface area (Å²) in [7, 11) is 0. The van der Waals surface area contributed by atoms with Gasteiger partial charge in [-0.3, -0.25) is 4.79 Å². The quantitative estimate of drug-likeness (QED) is 0.897. The Balaban J connectivity index is 1.78. The van der Waals surface area contributed by atoms with E-state index >= 15 is 0 Å². The zero-order chi connectivity index (χ0) is 13.4. The maximum Gasteiger partial charge on any atom is 0.263 e. The molecule has 1 amide bonds. The summed E-state index contributed by atoms with van der Waals surface area (Å²) >= 11 is 1.30. The van der Waals surface area contributed by atoms with Gasteiger partial charge < -0.3 is 11.1 Å². The number of carbonyl (C=O) groups is 1. The number of rotatable bonds is 4. The molecule has 0 saturated heterocycles. The number of thiophene rings is 1.